The Morgan fingerprint density at radius 1 is 1.08 bits per heavy atom. The Hall–Kier alpha value is -2.01. The summed E-state index contributed by atoms with van der Waals surface area (Å²) >= 11 is 3.50. The molecular weight excluding hydrogens is 394 g/mol. The largest absolute Gasteiger partial charge is 0.491 e. The van der Waals surface area contributed by atoms with Crippen LogP contribution in [0.2, 0.25) is 0 Å². The first-order valence-corrected chi connectivity index (χ1v) is 9.56. The number of rotatable bonds is 8. The molecule has 26 heavy (non-hydrogen) atoms. The van der Waals surface area contributed by atoms with Crippen molar-refractivity contribution in [2.24, 2.45) is 0 Å². The second kappa shape index (κ2) is 9.62. The molecule has 0 spiro atoms. The van der Waals surface area contributed by atoms with Crippen LogP contribution < -0.4 is 14.8 Å². The molecule has 0 saturated carbocycles. The molecule has 0 unspecified atom stereocenters. The van der Waals surface area contributed by atoms with E-state index in [-0.39, 0.29) is 18.6 Å². The molecule has 0 aliphatic rings. The average molecular weight is 420 g/mol. The first-order chi connectivity index (χ1) is 12.4. The highest BCUT2D eigenvalue weighted by atomic mass is 79.9. The van der Waals surface area contributed by atoms with Crippen LogP contribution in [0.25, 0.3) is 0 Å². The molecule has 0 saturated heterocycles. The van der Waals surface area contributed by atoms with Crippen molar-refractivity contribution in [1.29, 1.82) is 0 Å². The second-order valence-electron chi connectivity index (χ2n) is 6.68. The monoisotopic (exact) mass is 419 g/mol. The Labute approximate surface area is 164 Å². The topological polar surface area (TPSA) is 47.6 Å². The molecule has 0 bridgehead atoms. The number of hydrogen-bond acceptors (Lipinski definition) is 3. The van der Waals surface area contributed by atoms with E-state index >= 15 is 0 Å². The summed E-state index contributed by atoms with van der Waals surface area (Å²) in [7, 11) is 0. The van der Waals surface area contributed by atoms with Gasteiger partial charge in [-0.15, -0.1) is 0 Å². The number of carbonyl (C=O) groups excluding carboxylic acids is 1. The van der Waals surface area contributed by atoms with E-state index in [0.717, 1.165) is 15.8 Å². The molecule has 1 N–H and O–H groups in total. The fourth-order valence-electron chi connectivity index (χ4n) is 2.43. The highest BCUT2D eigenvalue weighted by molar-refractivity contribution is 9.10. The highest BCUT2D eigenvalue weighted by Gasteiger charge is 2.11. The van der Waals surface area contributed by atoms with Crippen molar-refractivity contribution in [1.82, 2.24) is 5.32 Å². The Morgan fingerprint density at radius 2 is 1.81 bits per heavy atom. The maximum atomic E-state index is 12.1. The van der Waals surface area contributed by atoms with E-state index in [0.29, 0.717) is 18.3 Å². The average Bonchev–Trinajstić information content (AvgIpc) is 2.59. The lowest BCUT2D eigenvalue weighted by molar-refractivity contribution is -0.123. The molecule has 0 aliphatic carbocycles. The smallest absolute Gasteiger partial charge is 0.258 e. The first-order valence-electron chi connectivity index (χ1n) is 8.77. The second-order valence-corrected chi connectivity index (χ2v) is 7.53. The van der Waals surface area contributed by atoms with Gasteiger partial charge >= 0.3 is 0 Å². The predicted molar refractivity (Wildman–Crippen MR) is 108 cm³/mol. The SMILES string of the molecule is Cc1ccccc1OC[C@H](C)NC(=O)COc1ccc(C(C)C)cc1Br. The van der Waals surface area contributed by atoms with Gasteiger partial charge in [-0.25, -0.2) is 0 Å². The van der Waals surface area contributed by atoms with E-state index in [2.05, 4.69) is 35.1 Å². The van der Waals surface area contributed by atoms with Crippen molar-refractivity contribution in [3.63, 3.8) is 0 Å². The summed E-state index contributed by atoms with van der Waals surface area (Å²) in [5.74, 6) is 1.76. The van der Waals surface area contributed by atoms with Gasteiger partial charge in [-0.3, -0.25) is 4.79 Å². The molecule has 1 atom stereocenters. The van der Waals surface area contributed by atoms with Crippen LogP contribution in [0.3, 0.4) is 0 Å². The van der Waals surface area contributed by atoms with Gasteiger partial charge in [0.05, 0.1) is 10.5 Å². The van der Waals surface area contributed by atoms with E-state index in [1.807, 2.05) is 56.3 Å². The van der Waals surface area contributed by atoms with Crippen molar-refractivity contribution in [2.45, 2.75) is 39.7 Å². The number of carbonyl (C=O) groups is 1. The van der Waals surface area contributed by atoms with E-state index in [1.54, 1.807) is 0 Å². The maximum Gasteiger partial charge on any atom is 0.258 e. The van der Waals surface area contributed by atoms with Crippen molar-refractivity contribution >= 4 is 21.8 Å². The van der Waals surface area contributed by atoms with Crippen LogP contribution in [-0.4, -0.2) is 25.2 Å². The molecule has 5 heteroatoms. The Kier molecular flexibility index (Phi) is 7.51. The normalized spacial score (nSPS) is 11.9. The Balaban J connectivity index is 1.78. The maximum absolute atomic E-state index is 12.1. The molecule has 1 amide bonds. The van der Waals surface area contributed by atoms with E-state index in [1.165, 1.54) is 5.56 Å². The molecule has 140 valence electrons. The molecular formula is C21H26BrNO3. The minimum absolute atomic E-state index is 0.0334. The molecule has 0 heterocycles. The molecule has 4 nitrogen and oxygen atoms in total. The molecule has 0 aromatic heterocycles. The summed E-state index contributed by atoms with van der Waals surface area (Å²) < 4.78 is 12.2. The molecule has 2 aromatic carbocycles. The van der Waals surface area contributed by atoms with Crippen molar-refractivity contribution in [3.05, 3.63) is 58.1 Å². The standard InChI is InChI=1S/C21H26BrNO3/c1-14(2)17-9-10-20(18(22)11-17)26-13-21(24)23-16(4)12-25-19-8-6-5-7-15(19)3/h5-11,14,16H,12-13H2,1-4H3,(H,23,24)/t16-/m0/s1. The molecule has 0 aliphatic heterocycles. The third-order valence-corrected chi connectivity index (χ3v) is 4.59. The van der Waals surface area contributed by atoms with Crippen LogP contribution in [0, 0.1) is 6.92 Å². The summed E-state index contributed by atoms with van der Waals surface area (Å²) in [6, 6.07) is 13.6. The summed E-state index contributed by atoms with van der Waals surface area (Å²) in [6.45, 7) is 8.54. The molecule has 0 fully saturated rings. The van der Waals surface area contributed by atoms with Gasteiger partial charge in [0.2, 0.25) is 0 Å². The van der Waals surface area contributed by atoms with Gasteiger partial charge in [-0.1, -0.05) is 38.1 Å². The first kappa shape index (κ1) is 20.3. The summed E-state index contributed by atoms with van der Waals surface area (Å²) in [5, 5.41) is 2.88. The minimum Gasteiger partial charge on any atom is -0.491 e. The number of para-hydroxylation sites is 1. The fraction of sp³-hybridized carbons (Fsp3) is 0.381. The number of benzene rings is 2. The van der Waals surface area contributed by atoms with E-state index in [4.69, 9.17) is 9.47 Å². The molecule has 2 rings (SSSR count). The van der Waals surface area contributed by atoms with Gasteiger partial charge in [-0.05, 0) is 65.0 Å². The summed E-state index contributed by atoms with van der Waals surface area (Å²) in [5.41, 5.74) is 2.29. The summed E-state index contributed by atoms with van der Waals surface area (Å²) in [6.07, 6.45) is 0. The number of amides is 1. The lowest BCUT2D eigenvalue weighted by Crippen LogP contribution is -2.39. The highest BCUT2D eigenvalue weighted by Crippen LogP contribution is 2.28. The van der Waals surface area contributed by atoms with Crippen molar-refractivity contribution in [2.75, 3.05) is 13.2 Å². The predicted octanol–water partition coefficient (Wildman–Crippen LogP) is 4.84. The molecule has 2 aromatic rings. The zero-order valence-corrected chi connectivity index (χ0v) is 17.3. The quantitative estimate of drug-likeness (QED) is 0.665. The number of nitrogens with one attached hydrogen (secondary N) is 1. The Bertz CT molecular complexity index is 746. The number of hydrogen-bond donors (Lipinski definition) is 1. The van der Waals surface area contributed by atoms with Gasteiger partial charge in [-0.2, -0.15) is 0 Å². The fourth-order valence-corrected chi connectivity index (χ4v) is 2.94. The lowest BCUT2D eigenvalue weighted by atomic mass is 10.0. The van der Waals surface area contributed by atoms with Gasteiger partial charge in [0.25, 0.3) is 5.91 Å². The zero-order valence-electron chi connectivity index (χ0n) is 15.7. The number of aryl methyl sites for hydroxylation is 1. The van der Waals surface area contributed by atoms with Crippen LogP contribution in [0.15, 0.2) is 46.9 Å². The zero-order chi connectivity index (χ0) is 19.1. The Morgan fingerprint density at radius 3 is 2.46 bits per heavy atom. The summed E-state index contributed by atoms with van der Waals surface area (Å²) in [4.78, 5) is 12.1. The van der Waals surface area contributed by atoms with Crippen LogP contribution in [0.1, 0.15) is 37.8 Å². The van der Waals surface area contributed by atoms with Gasteiger partial charge in [0.15, 0.2) is 6.61 Å². The minimum atomic E-state index is -0.175. The van der Waals surface area contributed by atoms with Gasteiger partial charge in [0.1, 0.15) is 18.1 Å². The molecule has 0 radical (unpaired) electrons. The number of halogens is 1. The van der Waals surface area contributed by atoms with E-state index < -0.39 is 0 Å². The van der Waals surface area contributed by atoms with Gasteiger partial charge in [0, 0.05) is 0 Å². The van der Waals surface area contributed by atoms with Crippen molar-refractivity contribution in [3.8, 4) is 11.5 Å². The third kappa shape index (κ3) is 6.06. The van der Waals surface area contributed by atoms with Crippen LogP contribution in [0.4, 0.5) is 0 Å². The van der Waals surface area contributed by atoms with Crippen LogP contribution in [-0.2, 0) is 4.79 Å². The number of ether oxygens (including phenoxy) is 2. The third-order valence-electron chi connectivity index (χ3n) is 3.97. The van der Waals surface area contributed by atoms with E-state index in [9.17, 15) is 4.79 Å². The van der Waals surface area contributed by atoms with Crippen molar-refractivity contribution < 1.29 is 14.3 Å². The van der Waals surface area contributed by atoms with Crippen LogP contribution in [0.5, 0.6) is 11.5 Å². The van der Waals surface area contributed by atoms with Crippen LogP contribution >= 0.6 is 15.9 Å². The lowest BCUT2D eigenvalue weighted by Gasteiger charge is -2.17. The van der Waals surface area contributed by atoms with Gasteiger partial charge < -0.3 is 14.8 Å².